The van der Waals surface area contributed by atoms with Crippen LogP contribution in [0, 0.1) is 0 Å². The van der Waals surface area contributed by atoms with Crippen LogP contribution >= 0.6 is 15.9 Å². The summed E-state index contributed by atoms with van der Waals surface area (Å²) in [7, 11) is 0. The normalized spacial score (nSPS) is 10.5. The third kappa shape index (κ3) is 3.05. The average Bonchev–Trinajstić information content (AvgIpc) is 2.09. The topological polar surface area (TPSA) is 9.23 Å². The molecule has 0 bridgehead atoms. The van der Waals surface area contributed by atoms with E-state index in [1.807, 2.05) is 24.3 Å². The Morgan fingerprint density at radius 1 is 1.33 bits per heavy atom. The molecule has 12 heavy (non-hydrogen) atoms. The molecule has 1 nitrogen and oxygen atoms in total. The minimum absolute atomic E-state index is 0.374. The minimum atomic E-state index is 0.374. The monoisotopic (exact) mass is 230 g/mol. The molecule has 1 rings (SSSR count). The highest BCUT2D eigenvalue weighted by Crippen LogP contribution is 2.11. The van der Waals surface area contributed by atoms with Gasteiger partial charge >= 0.3 is 0 Å². The fraction of sp³-hybridized carbons (Fsp3) is 0.111. The zero-order valence-electron chi connectivity index (χ0n) is 6.34. The van der Waals surface area contributed by atoms with Gasteiger partial charge in [0.1, 0.15) is 19.2 Å². The van der Waals surface area contributed by atoms with Crippen molar-refractivity contribution >= 4 is 15.9 Å². The number of rotatable bonds is 3. The first kappa shape index (κ1) is 9.26. The molecular weight excluding hydrogens is 223 g/mol. The van der Waals surface area contributed by atoms with Crippen molar-refractivity contribution < 1.29 is 9.13 Å². The molecule has 0 fully saturated rings. The van der Waals surface area contributed by atoms with Gasteiger partial charge in [-0.2, -0.15) is 0 Å². The van der Waals surface area contributed by atoms with Crippen molar-refractivity contribution in [1.29, 1.82) is 0 Å². The Labute approximate surface area is 79.0 Å². The summed E-state index contributed by atoms with van der Waals surface area (Å²) < 4.78 is 17.3. The van der Waals surface area contributed by atoms with E-state index in [0.29, 0.717) is 12.9 Å². The van der Waals surface area contributed by atoms with Gasteiger partial charge < -0.3 is 4.74 Å². The summed E-state index contributed by atoms with van der Waals surface area (Å²) >= 11 is 3.31. The van der Waals surface area contributed by atoms with Gasteiger partial charge in [-0.25, -0.2) is 4.39 Å². The first-order valence-electron chi connectivity index (χ1n) is 3.44. The molecule has 1 aromatic carbocycles. The number of hydrogen-bond acceptors (Lipinski definition) is 1. The van der Waals surface area contributed by atoms with E-state index in [9.17, 15) is 4.39 Å². The molecule has 0 amide bonds. The van der Waals surface area contributed by atoms with E-state index in [1.54, 1.807) is 0 Å². The Morgan fingerprint density at radius 2 is 2.00 bits per heavy atom. The van der Waals surface area contributed by atoms with Crippen LogP contribution in [-0.2, 0) is 11.3 Å². The quantitative estimate of drug-likeness (QED) is 0.724. The van der Waals surface area contributed by atoms with Gasteiger partial charge in [0.2, 0.25) is 0 Å². The lowest BCUT2D eigenvalue weighted by molar-refractivity contribution is 0.231. The molecule has 0 atom stereocenters. The second-order valence-electron chi connectivity index (χ2n) is 2.20. The maximum Gasteiger partial charge on any atom is 0.121 e. The van der Waals surface area contributed by atoms with Crippen LogP contribution in [0.25, 0.3) is 0 Å². The van der Waals surface area contributed by atoms with Crippen molar-refractivity contribution in [2.24, 2.45) is 0 Å². The molecule has 0 unspecified atom stereocenters. The van der Waals surface area contributed by atoms with Gasteiger partial charge in [-0.05, 0) is 17.7 Å². The summed E-state index contributed by atoms with van der Waals surface area (Å²) in [5, 5.41) is 0. The lowest BCUT2D eigenvalue weighted by atomic mass is 10.2. The van der Waals surface area contributed by atoms with Crippen LogP contribution in [0.4, 0.5) is 4.39 Å². The summed E-state index contributed by atoms with van der Waals surface area (Å²) in [6.07, 6.45) is 1.40. The van der Waals surface area contributed by atoms with Crippen LogP contribution in [0.2, 0.25) is 0 Å². The van der Waals surface area contributed by atoms with Gasteiger partial charge in [0, 0.05) is 4.47 Å². The molecule has 0 aliphatic carbocycles. The maximum atomic E-state index is 11.4. The average molecular weight is 231 g/mol. The Kier molecular flexibility index (Phi) is 3.80. The summed E-state index contributed by atoms with van der Waals surface area (Å²) in [5.41, 5.74) is 1.01. The summed E-state index contributed by atoms with van der Waals surface area (Å²) in [6.45, 7) is 0.397. The smallest absolute Gasteiger partial charge is 0.121 e. The minimum Gasteiger partial charge on any atom is -0.494 e. The van der Waals surface area contributed by atoms with E-state index < -0.39 is 0 Å². The Bertz CT molecular complexity index is 256. The van der Waals surface area contributed by atoms with Crippen molar-refractivity contribution in [1.82, 2.24) is 0 Å². The van der Waals surface area contributed by atoms with E-state index in [4.69, 9.17) is 4.74 Å². The standard InChI is InChI=1S/C9H8BrFO/c10-9-3-1-8(2-4-9)7-12-6-5-11/h1-6H,7H2/b6-5-. The molecule has 0 aliphatic rings. The molecular formula is C9H8BrFO. The van der Waals surface area contributed by atoms with Gasteiger partial charge in [-0.3, -0.25) is 0 Å². The van der Waals surface area contributed by atoms with Crippen molar-refractivity contribution in [2.75, 3.05) is 0 Å². The predicted molar refractivity (Wildman–Crippen MR) is 49.2 cm³/mol. The zero-order chi connectivity index (χ0) is 8.81. The van der Waals surface area contributed by atoms with E-state index in [1.165, 1.54) is 0 Å². The first-order valence-corrected chi connectivity index (χ1v) is 4.23. The molecule has 0 heterocycles. The number of benzene rings is 1. The van der Waals surface area contributed by atoms with Crippen LogP contribution in [0.3, 0.4) is 0 Å². The lowest BCUT2D eigenvalue weighted by Gasteiger charge is -1.99. The molecule has 0 spiro atoms. The van der Waals surface area contributed by atoms with Crippen LogP contribution in [0.5, 0.6) is 0 Å². The highest BCUT2D eigenvalue weighted by molar-refractivity contribution is 9.10. The van der Waals surface area contributed by atoms with Crippen molar-refractivity contribution in [2.45, 2.75) is 6.61 Å². The van der Waals surface area contributed by atoms with Crippen molar-refractivity contribution in [3.05, 3.63) is 46.9 Å². The van der Waals surface area contributed by atoms with Gasteiger partial charge in [0.15, 0.2) is 0 Å². The fourth-order valence-electron chi connectivity index (χ4n) is 0.761. The molecule has 0 radical (unpaired) electrons. The van der Waals surface area contributed by atoms with E-state index >= 15 is 0 Å². The number of ether oxygens (including phenoxy) is 1. The number of hydrogen-bond donors (Lipinski definition) is 0. The lowest BCUT2D eigenvalue weighted by Crippen LogP contribution is -1.84. The van der Waals surface area contributed by atoms with Crippen molar-refractivity contribution in [3.8, 4) is 0 Å². The summed E-state index contributed by atoms with van der Waals surface area (Å²) in [4.78, 5) is 0. The highest BCUT2D eigenvalue weighted by atomic mass is 79.9. The van der Waals surface area contributed by atoms with Crippen LogP contribution in [0.1, 0.15) is 5.56 Å². The summed E-state index contributed by atoms with van der Waals surface area (Å²) in [6, 6.07) is 7.65. The third-order valence-corrected chi connectivity index (χ3v) is 1.84. The van der Waals surface area contributed by atoms with E-state index in [-0.39, 0.29) is 0 Å². The Morgan fingerprint density at radius 3 is 2.58 bits per heavy atom. The SMILES string of the molecule is F/C=C\OCc1ccc(Br)cc1. The van der Waals surface area contributed by atoms with Crippen molar-refractivity contribution in [3.63, 3.8) is 0 Å². The fourth-order valence-corrected chi connectivity index (χ4v) is 1.03. The Hall–Kier alpha value is -0.830. The molecule has 1 aromatic rings. The van der Waals surface area contributed by atoms with Crippen LogP contribution in [-0.4, -0.2) is 0 Å². The number of halogens is 2. The molecule has 0 aromatic heterocycles. The zero-order valence-corrected chi connectivity index (χ0v) is 7.92. The molecule has 3 heteroatoms. The third-order valence-electron chi connectivity index (χ3n) is 1.31. The molecule has 64 valence electrons. The van der Waals surface area contributed by atoms with Crippen LogP contribution in [0.15, 0.2) is 41.3 Å². The molecule has 0 saturated heterocycles. The molecule has 0 aliphatic heterocycles. The van der Waals surface area contributed by atoms with E-state index in [0.717, 1.165) is 16.3 Å². The summed E-state index contributed by atoms with van der Waals surface area (Å²) in [5.74, 6) is 0. The van der Waals surface area contributed by atoms with E-state index in [2.05, 4.69) is 15.9 Å². The second-order valence-corrected chi connectivity index (χ2v) is 3.12. The van der Waals surface area contributed by atoms with Crippen LogP contribution < -0.4 is 0 Å². The van der Waals surface area contributed by atoms with Gasteiger partial charge in [-0.15, -0.1) is 0 Å². The van der Waals surface area contributed by atoms with Gasteiger partial charge in [0.05, 0.1) is 0 Å². The maximum absolute atomic E-state index is 11.4. The largest absolute Gasteiger partial charge is 0.494 e. The molecule has 0 N–H and O–H groups in total. The highest BCUT2D eigenvalue weighted by Gasteiger charge is 1.90. The first-order chi connectivity index (χ1) is 5.83. The van der Waals surface area contributed by atoms with Gasteiger partial charge in [0.25, 0.3) is 0 Å². The predicted octanol–water partition coefficient (Wildman–Crippen LogP) is 3.41. The molecule has 0 saturated carbocycles. The second kappa shape index (κ2) is 4.93. The Balaban J connectivity index is 2.47. The van der Waals surface area contributed by atoms with Gasteiger partial charge in [-0.1, -0.05) is 28.1 Å².